The van der Waals surface area contributed by atoms with Crippen LogP contribution in [0.25, 0.3) is 0 Å². The van der Waals surface area contributed by atoms with E-state index in [4.69, 9.17) is 5.11 Å². The second kappa shape index (κ2) is 4.42. The van der Waals surface area contributed by atoms with Crippen LogP contribution in [0.4, 0.5) is 4.39 Å². The number of nitrogens with zero attached hydrogens (tertiary/aromatic N) is 1. The Hall–Kier alpha value is -1.08. The molecule has 0 bridgehead atoms. The van der Waals surface area contributed by atoms with Crippen LogP contribution in [-0.2, 0) is 0 Å². The summed E-state index contributed by atoms with van der Waals surface area (Å²) in [5.41, 5.74) is -1.12. The monoisotopic (exact) mass is 246 g/mol. The summed E-state index contributed by atoms with van der Waals surface area (Å²) in [7, 11) is 0. The zero-order valence-corrected chi connectivity index (χ0v) is 9.11. The van der Waals surface area contributed by atoms with Crippen molar-refractivity contribution in [1.82, 2.24) is 9.55 Å². The van der Waals surface area contributed by atoms with E-state index in [0.29, 0.717) is 0 Å². The molecule has 0 amide bonds. The number of aromatic nitrogens is 2. The summed E-state index contributed by atoms with van der Waals surface area (Å²) >= 11 is 1.21. The molecule has 0 unspecified atom stereocenters. The molecule has 3 atom stereocenters. The van der Waals surface area contributed by atoms with Gasteiger partial charge >= 0.3 is 5.69 Å². The fourth-order valence-electron chi connectivity index (χ4n) is 1.69. The highest BCUT2D eigenvalue weighted by molar-refractivity contribution is 8.00. The second-order valence-corrected chi connectivity index (χ2v) is 5.02. The van der Waals surface area contributed by atoms with E-state index in [0.717, 1.165) is 4.57 Å². The van der Waals surface area contributed by atoms with Gasteiger partial charge in [-0.3, -0.25) is 14.3 Å². The topological polar surface area (TPSA) is 75.1 Å². The molecule has 1 aliphatic rings. The molecule has 2 heterocycles. The molecule has 2 rings (SSSR count). The van der Waals surface area contributed by atoms with Crippen molar-refractivity contribution < 1.29 is 9.50 Å². The van der Waals surface area contributed by atoms with Crippen molar-refractivity contribution in [2.24, 2.45) is 0 Å². The number of rotatable bonds is 2. The number of aromatic amines is 1. The number of nitrogens with one attached hydrogen (secondary N) is 1. The first kappa shape index (κ1) is 11.4. The molecule has 1 aromatic rings. The number of aliphatic hydroxyl groups excluding tert-OH is 1. The van der Waals surface area contributed by atoms with Crippen molar-refractivity contribution >= 4 is 11.8 Å². The normalized spacial score (nSPS) is 29.5. The number of hydrogen-bond donors (Lipinski definition) is 2. The van der Waals surface area contributed by atoms with E-state index in [1.165, 1.54) is 24.0 Å². The van der Waals surface area contributed by atoms with Crippen molar-refractivity contribution in [2.45, 2.75) is 23.2 Å². The van der Waals surface area contributed by atoms with Crippen molar-refractivity contribution in [2.75, 3.05) is 6.61 Å². The van der Waals surface area contributed by atoms with Gasteiger partial charge in [-0.05, 0) is 6.42 Å². The third-order valence-corrected chi connectivity index (χ3v) is 3.99. The number of hydrogen-bond acceptors (Lipinski definition) is 4. The van der Waals surface area contributed by atoms with Gasteiger partial charge in [-0.15, -0.1) is 11.8 Å². The Morgan fingerprint density at radius 1 is 1.62 bits per heavy atom. The fraction of sp³-hybridized carbons (Fsp3) is 0.556. The number of thioether (sulfide) groups is 1. The first-order chi connectivity index (χ1) is 7.61. The highest BCUT2D eigenvalue weighted by atomic mass is 32.2. The van der Waals surface area contributed by atoms with Gasteiger partial charge in [0, 0.05) is 17.5 Å². The molecule has 2 N–H and O–H groups in total. The van der Waals surface area contributed by atoms with Crippen LogP contribution in [0.1, 0.15) is 11.8 Å². The molecule has 5 nitrogen and oxygen atoms in total. The molecule has 88 valence electrons. The Balaban J connectivity index is 2.31. The molecule has 16 heavy (non-hydrogen) atoms. The quantitative estimate of drug-likeness (QED) is 0.762. The molecule has 0 saturated carbocycles. The summed E-state index contributed by atoms with van der Waals surface area (Å²) in [6, 6.07) is 1.18. The Bertz CT molecular complexity index is 486. The van der Waals surface area contributed by atoms with E-state index in [1.807, 2.05) is 0 Å². The van der Waals surface area contributed by atoms with Gasteiger partial charge in [0.1, 0.15) is 11.5 Å². The van der Waals surface area contributed by atoms with Crippen molar-refractivity contribution in [3.8, 4) is 0 Å². The first-order valence-electron chi connectivity index (χ1n) is 4.83. The van der Waals surface area contributed by atoms with Gasteiger partial charge in [0.2, 0.25) is 0 Å². The summed E-state index contributed by atoms with van der Waals surface area (Å²) < 4.78 is 14.8. The highest BCUT2D eigenvalue weighted by Gasteiger charge is 2.36. The number of H-pyrrole nitrogens is 1. The zero-order valence-electron chi connectivity index (χ0n) is 8.30. The van der Waals surface area contributed by atoms with E-state index in [9.17, 15) is 14.0 Å². The van der Waals surface area contributed by atoms with Crippen LogP contribution < -0.4 is 11.2 Å². The minimum atomic E-state index is -1.19. The van der Waals surface area contributed by atoms with Gasteiger partial charge in [-0.1, -0.05) is 0 Å². The summed E-state index contributed by atoms with van der Waals surface area (Å²) in [6.07, 6.45) is 0.313. The van der Waals surface area contributed by atoms with E-state index in [1.54, 1.807) is 0 Å². The molecular weight excluding hydrogens is 235 g/mol. The summed E-state index contributed by atoms with van der Waals surface area (Å²) in [5, 5.41) is 8.07. The predicted molar refractivity (Wildman–Crippen MR) is 58.3 cm³/mol. The standard InChI is InChI=1S/C9H11FN2O3S/c10-6-3-5(4-13)16-8(6)12-2-1-7(14)11-9(12)15/h1-2,5-6,8,13H,3-4H2,(H,11,14,15)/t5-,6+,8+/m0/s1. The maximum atomic E-state index is 13.6. The summed E-state index contributed by atoms with van der Waals surface area (Å²) in [6.45, 7) is -0.111. The molecule has 0 spiro atoms. The lowest BCUT2D eigenvalue weighted by molar-refractivity contribution is 0.248. The highest BCUT2D eigenvalue weighted by Crippen LogP contribution is 2.42. The molecule has 1 saturated heterocycles. The van der Waals surface area contributed by atoms with E-state index < -0.39 is 22.8 Å². The number of alkyl halides is 1. The van der Waals surface area contributed by atoms with Gasteiger partial charge in [-0.25, -0.2) is 9.18 Å². The lowest BCUT2D eigenvalue weighted by Gasteiger charge is -2.14. The van der Waals surface area contributed by atoms with Crippen LogP contribution in [0.15, 0.2) is 21.9 Å². The average molecular weight is 246 g/mol. The minimum Gasteiger partial charge on any atom is -0.395 e. The largest absolute Gasteiger partial charge is 0.395 e. The molecule has 0 radical (unpaired) electrons. The lowest BCUT2D eigenvalue weighted by atomic mass is 10.2. The van der Waals surface area contributed by atoms with Crippen LogP contribution in [0.5, 0.6) is 0 Å². The third-order valence-electron chi connectivity index (χ3n) is 2.46. The number of aliphatic hydroxyl groups is 1. The van der Waals surface area contributed by atoms with E-state index in [2.05, 4.69) is 4.98 Å². The van der Waals surface area contributed by atoms with Gasteiger partial charge in [0.15, 0.2) is 0 Å². The van der Waals surface area contributed by atoms with Crippen LogP contribution in [0, 0.1) is 0 Å². The Kier molecular flexibility index (Phi) is 3.15. The summed E-state index contributed by atoms with van der Waals surface area (Å²) in [5.74, 6) is 0. The second-order valence-electron chi connectivity index (χ2n) is 3.60. The molecular formula is C9H11FN2O3S. The maximum Gasteiger partial charge on any atom is 0.329 e. The molecule has 0 aliphatic carbocycles. The first-order valence-corrected chi connectivity index (χ1v) is 5.78. The fourth-order valence-corrected chi connectivity index (χ4v) is 3.04. The van der Waals surface area contributed by atoms with Crippen LogP contribution in [-0.4, -0.2) is 32.7 Å². The SMILES string of the molecule is O=c1ccn([C@@H]2S[C@H](CO)C[C@H]2F)c(=O)[nH]1. The van der Waals surface area contributed by atoms with Gasteiger partial charge in [0.25, 0.3) is 5.56 Å². The summed E-state index contributed by atoms with van der Waals surface area (Å²) in [4.78, 5) is 24.4. The predicted octanol–water partition coefficient (Wildman–Crippen LogP) is -0.129. The van der Waals surface area contributed by atoms with Crippen LogP contribution in [0.2, 0.25) is 0 Å². The zero-order chi connectivity index (χ0) is 11.7. The van der Waals surface area contributed by atoms with Crippen LogP contribution in [0.3, 0.4) is 0 Å². The van der Waals surface area contributed by atoms with E-state index >= 15 is 0 Å². The van der Waals surface area contributed by atoms with Crippen molar-refractivity contribution in [3.63, 3.8) is 0 Å². The Labute approximate surface area is 94.3 Å². The Morgan fingerprint density at radius 2 is 2.38 bits per heavy atom. The van der Waals surface area contributed by atoms with E-state index in [-0.39, 0.29) is 18.3 Å². The van der Waals surface area contributed by atoms with Gasteiger partial charge in [0.05, 0.1) is 6.61 Å². The Morgan fingerprint density at radius 3 is 2.94 bits per heavy atom. The average Bonchev–Trinajstić information content (AvgIpc) is 2.60. The lowest BCUT2D eigenvalue weighted by Crippen LogP contribution is -2.32. The molecule has 0 aromatic carbocycles. The third kappa shape index (κ3) is 2.05. The molecule has 7 heteroatoms. The number of halogens is 1. The van der Waals surface area contributed by atoms with Crippen molar-refractivity contribution in [1.29, 1.82) is 0 Å². The minimum absolute atomic E-state index is 0.111. The maximum absolute atomic E-state index is 13.6. The van der Waals surface area contributed by atoms with Crippen LogP contribution >= 0.6 is 11.8 Å². The smallest absolute Gasteiger partial charge is 0.329 e. The molecule has 1 fully saturated rings. The van der Waals surface area contributed by atoms with Gasteiger partial charge in [-0.2, -0.15) is 0 Å². The van der Waals surface area contributed by atoms with Gasteiger partial charge < -0.3 is 5.11 Å². The van der Waals surface area contributed by atoms with Crippen molar-refractivity contribution in [3.05, 3.63) is 33.1 Å². The molecule has 1 aliphatic heterocycles. The molecule has 1 aromatic heterocycles.